The number of hydrogen-bond donors (Lipinski definition) is 1. The fraction of sp³-hybridized carbons (Fsp3) is 0.0667. The number of anilines is 1. The summed E-state index contributed by atoms with van der Waals surface area (Å²) in [6.45, 7) is 0. The molecule has 1 aromatic carbocycles. The van der Waals surface area contributed by atoms with E-state index in [0.717, 1.165) is 21.1 Å². The topological polar surface area (TPSA) is 46.9 Å². The number of pyridine rings is 1. The summed E-state index contributed by atoms with van der Waals surface area (Å²) in [4.78, 5) is 16.1. The van der Waals surface area contributed by atoms with Crippen molar-refractivity contribution in [1.82, 2.24) is 9.55 Å². The van der Waals surface area contributed by atoms with E-state index in [2.05, 4.69) is 26.2 Å². The number of fused-ring (bicyclic) bond motifs is 1. The summed E-state index contributed by atoms with van der Waals surface area (Å²) in [5, 5.41) is 4.03. The number of rotatable bonds is 2. The summed E-state index contributed by atoms with van der Waals surface area (Å²) in [7, 11) is 1.98. The molecule has 0 aliphatic rings. The van der Waals surface area contributed by atoms with E-state index in [1.54, 1.807) is 18.5 Å². The molecule has 0 unspecified atom stereocenters. The molecule has 2 heterocycles. The van der Waals surface area contributed by atoms with Gasteiger partial charge in [-0.25, -0.2) is 0 Å². The Morgan fingerprint density at radius 3 is 2.90 bits per heavy atom. The van der Waals surface area contributed by atoms with Crippen molar-refractivity contribution in [2.45, 2.75) is 0 Å². The number of nitrogens with zero attached hydrogens (tertiary/aromatic N) is 2. The smallest absolute Gasteiger partial charge is 0.257 e. The minimum absolute atomic E-state index is 0.174. The molecule has 1 N–H and O–H groups in total. The Balaban J connectivity index is 1.89. The van der Waals surface area contributed by atoms with Crippen LogP contribution in [0.3, 0.4) is 0 Å². The van der Waals surface area contributed by atoms with Gasteiger partial charge in [0.1, 0.15) is 0 Å². The number of carbonyl (C=O) groups excluding carboxylic acids is 1. The van der Waals surface area contributed by atoms with Crippen LogP contribution in [0.25, 0.3) is 10.9 Å². The summed E-state index contributed by atoms with van der Waals surface area (Å²) >= 11 is 3.31. The van der Waals surface area contributed by atoms with Crippen LogP contribution >= 0.6 is 15.9 Å². The zero-order chi connectivity index (χ0) is 14.1. The highest BCUT2D eigenvalue weighted by Crippen LogP contribution is 2.20. The van der Waals surface area contributed by atoms with Crippen LogP contribution in [-0.4, -0.2) is 15.5 Å². The zero-order valence-electron chi connectivity index (χ0n) is 10.8. The molecule has 2 aromatic heterocycles. The molecule has 3 rings (SSSR count). The number of halogens is 1. The van der Waals surface area contributed by atoms with Crippen molar-refractivity contribution < 1.29 is 4.79 Å². The Labute approximate surface area is 124 Å². The van der Waals surface area contributed by atoms with E-state index in [9.17, 15) is 4.79 Å². The fourth-order valence-corrected chi connectivity index (χ4v) is 2.44. The third kappa shape index (κ3) is 2.44. The highest BCUT2D eigenvalue weighted by atomic mass is 79.9. The van der Waals surface area contributed by atoms with Gasteiger partial charge in [0.05, 0.1) is 5.56 Å². The van der Waals surface area contributed by atoms with Gasteiger partial charge in [0.15, 0.2) is 0 Å². The van der Waals surface area contributed by atoms with E-state index in [4.69, 9.17) is 0 Å². The fourth-order valence-electron chi connectivity index (χ4n) is 2.08. The van der Waals surface area contributed by atoms with Crippen LogP contribution in [0.4, 0.5) is 5.69 Å². The van der Waals surface area contributed by atoms with Gasteiger partial charge >= 0.3 is 0 Å². The second kappa shape index (κ2) is 5.09. The molecule has 5 heteroatoms. The van der Waals surface area contributed by atoms with Crippen molar-refractivity contribution in [3.05, 3.63) is 59.0 Å². The van der Waals surface area contributed by atoms with Crippen molar-refractivity contribution in [3.8, 4) is 0 Å². The predicted octanol–water partition coefficient (Wildman–Crippen LogP) is 3.59. The van der Waals surface area contributed by atoms with Crippen LogP contribution in [0.5, 0.6) is 0 Å². The maximum Gasteiger partial charge on any atom is 0.257 e. The average molecular weight is 330 g/mol. The van der Waals surface area contributed by atoms with Gasteiger partial charge in [0.25, 0.3) is 5.91 Å². The molecule has 0 aliphatic carbocycles. The van der Waals surface area contributed by atoms with Gasteiger partial charge in [-0.3, -0.25) is 9.78 Å². The first-order chi connectivity index (χ1) is 9.63. The molecule has 0 fully saturated rings. The normalized spacial score (nSPS) is 10.7. The SMILES string of the molecule is Cn1ccc2ccc(NC(=O)c3cncc(Br)c3)cc21. The lowest BCUT2D eigenvalue weighted by Gasteiger charge is -2.06. The molecule has 4 nitrogen and oxygen atoms in total. The third-order valence-electron chi connectivity index (χ3n) is 3.11. The van der Waals surface area contributed by atoms with E-state index >= 15 is 0 Å². The number of carbonyl (C=O) groups is 1. The molecule has 100 valence electrons. The van der Waals surface area contributed by atoms with E-state index in [-0.39, 0.29) is 5.91 Å². The Bertz CT molecular complexity index is 795. The average Bonchev–Trinajstić information content (AvgIpc) is 2.80. The lowest BCUT2D eigenvalue weighted by Crippen LogP contribution is -2.12. The molecule has 0 bridgehead atoms. The molecular formula is C15H12BrN3O. The van der Waals surface area contributed by atoms with Gasteiger partial charge in [-0.1, -0.05) is 6.07 Å². The second-order valence-corrected chi connectivity index (χ2v) is 5.46. The maximum absolute atomic E-state index is 12.1. The molecule has 0 saturated heterocycles. The van der Waals surface area contributed by atoms with Crippen molar-refractivity contribution in [2.75, 3.05) is 5.32 Å². The van der Waals surface area contributed by atoms with Crippen molar-refractivity contribution in [3.63, 3.8) is 0 Å². The second-order valence-electron chi connectivity index (χ2n) is 4.55. The van der Waals surface area contributed by atoms with Crippen LogP contribution < -0.4 is 5.32 Å². The van der Waals surface area contributed by atoms with E-state index in [1.165, 1.54) is 0 Å². The van der Waals surface area contributed by atoms with Gasteiger partial charge in [-0.15, -0.1) is 0 Å². The Hall–Kier alpha value is -2.14. The number of benzene rings is 1. The van der Waals surface area contributed by atoms with Gasteiger partial charge < -0.3 is 9.88 Å². The highest BCUT2D eigenvalue weighted by molar-refractivity contribution is 9.10. The van der Waals surface area contributed by atoms with E-state index < -0.39 is 0 Å². The number of aromatic nitrogens is 2. The predicted molar refractivity (Wildman–Crippen MR) is 82.8 cm³/mol. The molecular weight excluding hydrogens is 318 g/mol. The van der Waals surface area contributed by atoms with Crippen LogP contribution in [0.1, 0.15) is 10.4 Å². The third-order valence-corrected chi connectivity index (χ3v) is 3.55. The van der Waals surface area contributed by atoms with Gasteiger partial charge in [0, 0.05) is 41.3 Å². The number of aryl methyl sites for hydroxylation is 1. The van der Waals surface area contributed by atoms with Gasteiger partial charge in [0.2, 0.25) is 0 Å². The molecule has 20 heavy (non-hydrogen) atoms. The standard InChI is InChI=1S/C15H12BrN3O/c1-19-5-4-10-2-3-13(7-14(10)19)18-15(20)11-6-12(16)9-17-8-11/h2-9H,1H3,(H,18,20). The van der Waals surface area contributed by atoms with Crippen molar-refractivity contribution >= 4 is 38.4 Å². The lowest BCUT2D eigenvalue weighted by molar-refractivity contribution is 0.102. The van der Waals surface area contributed by atoms with E-state index in [1.807, 2.05) is 42.1 Å². The number of amides is 1. The molecule has 0 aliphatic heterocycles. The Morgan fingerprint density at radius 2 is 2.10 bits per heavy atom. The first-order valence-electron chi connectivity index (χ1n) is 6.10. The van der Waals surface area contributed by atoms with Gasteiger partial charge in [-0.05, 0) is 45.6 Å². The van der Waals surface area contributed by atoms with Crippen LogP contribution in [-0.2, 0) is 7.05 Å². The summed E-state index contributed by atoms with van der Waals surface area (Å²) in [5.41, 5.74) is 2.37. The molecule has 0 atom stereocenters. The number of nitrogens with one attached hydrogen (secondary N) is 1. The molecule has 1 amide bonds. The highest BCUT2D eigenvalue weighted by Gasteiger charge is 2.08. The van der Waals surface area contributed by atoms with Crippen molar-refractivity contribution in [1.29, 1.82) is 0 Å². The zero-order valence-corrected chi connectivity index (χ0v) is 12.4. The van der Waals surface area contributed by atoms with Crippen LogP contribution in [0.15, 0.2) is 53.4 Å². The Kier molecular flexibility index (Phi) is 3.28. The minimum Gasteiger partial charge on any atom is -0.350 e. The van der Waals surface area contributed by atoms with Crippen LogP contribution in [0, 0.1) is 0 Å². The maximum atomic E-state index is 12.1. The Morgan fingerprint density at radius 1 is 1.25 bits per heavy atom. The summed E-state index contributed by atoms with van der Waals surface area (Å²) in [5.74, 6) is -0.174. The molecule has 0 radical (unpaired) electrons. The summed E-state index contributed by atoms with van der Waals surface area (Å²) < 4.78 is 2.80. The van der Waals surface area contributed by atoms with E-state index in [0.29, 0.717) is 5.56 Å². The monoisotopic (exact) mass is 329 g/mol. The first-order valence-corrected chi connectivity index (χ1v) is 6.90. The minimum atomic E-state index is -0.174. The summed E-state index contributed by atoms with van der Waals surface area (Å²) in [6, 6.07) is 9.62. The van der Waals surface area contributed by atoms with Crippen LogP contribution in [0.2, 0.25) is 0 Å². The molecule has 0 saturated carbocycles. The molecule has 3 aromatic rings. The van der Waals surface area contributed by atoms with Crippen molar-refractivity contribution in [2.24, 2.45) is 7.05 Å². The van der Waals surface area contributed by atoms with Gasteiger partial charge in [-0.2, -0.15) is 0 Å². The molecule has 0 spiro atoms. The quantitative estimate of drug-likeness (QED) is 0.781. The summed E-state index contributed by atoms with van der Waals surface area (Å²) in [6.07, 6.45) is 5.18. The lowest BCUT2D eigenvalue weighted by atomic mass is 10.2. The first kappa shape index (κ1) is 12.9. The number of hydrogen-bond acceptors (Lipinski definition) is 2. The largest absolute Gasteiger partial charge is 0.350 e.